The van der Waals surface area contributed by atoms with E-state index in [1.807, 2.05) is 0 Å². The molecule has 0 aliphatic heterocycles. The second-order valence-corrected chi connectivity index (χ2v) is 4.16. The Kier molecular flexibility index (Phi) is 7.12. The third-order valence-electron chi connectivity index (χ3n) is 2.33. The highest BCUT2D eigenvalue weighted by Gasteiger charge is 2.16. The van der Waals surface area contributed by atoms with Crippen LogP contribution in [0.25, 0.3) is 0 Å². The minimum absolute atomic E-state index is 0.0227. The molecule has 0 aliphatic carbocycles. The van der Waals surface area contributed by atoms with Crippen LogP contribution in [0.5, 0.6) is 0 Å². The average molecular weight is 304 g/mol. The first-order valence-corrected chi connectivity index (χ1v) is 6.42. The van der Waals surface area contributed by atoms with Gasteiger partial charge in [-0.3, -0.25) is 4.79 Å². The summed E-state index contributed by atoms with van der Waals surface area (Å²) < 4.78 is 14.3. The highest BCUT2D eigenvalue weighted by atomic mass is 16.6. The Morgan fingerprint density at radius 1 is 1.05 bits per heavy atom. The van der Waals surface area contributed by atoms with Gasteiger partial charge in [0.05, 0.1) is 0 Å². The second kappa shape index (κ2) is 9.12. The lowest BCUT2D eigenvalue weighted by Crippen LogP contribution is -2.19. The highest BCUT2D eigenvalue weighted by Crippen LogP contribution is 2.01. The number of ether oxygens (including phenoxy) is 3. The van der Waals surface area contributed by atoms with Crippen LogP contribution < -0.4 is 0 Å². The molecule has 0 amide bonds. The molecule has 1 aromatic rings. The summed E-state index contributed by atoms with van der Waals surface area (Å²) in [5, 5.41) is 0. The minimum atomic E-state index is -0.951. The molecule has 0 saturated carbocycles. The van der Waals surface area contributed by atoms with Crippen LogP contribution in [0.4, 0.5) is 0 Å². The van der Waals surface area contributed by atoms with Crippen molar-refractivity contribution in [2.45, 2.75) is 6.92 Å². The zero-order valence-electron chi connectivity index (χ0n) is 12.1. The molecule has 0 fully saturated rings. The summed E-state index contributed by atoms with van der Waals surface area (Å²) in [5.74, 6) is -2.24. The Hall–Kier alpha value is -2.89. The molecule has 0 aliphatic rings. The van der Waals surface area contributed by atoms with Crippen molar-refractivity contribution in [2.75, 3.05) is 13.2 Å². The van der Waals surface area contributed by atoms with Crippen molar-refractivity contribution < 1.29 is 28.6 Å². The Labute approximate surface area is 128 Å². The molecule has 0 bridgehead atoms. The first-order chi connectivity index (χ1) is 10.5. The van der Waals surface area contributed by atoms with Gasteiger partial charge in [0.1, 0.15) is 25.7 Å². The van der Waals surface area contributed by atoms with Crippen LogP contribution in [-0.2, 0) is 23.8 Å². The number of hydrogen-bond acceptors (Lipinski definition) is 6. The number of benzene rings is 1. The molecule has 0 N–H and O–H groups in total. The summed E-state index contributed by atoms with van der Waals surface area (Å²) in [6.45, 7) is 4.84. The van der Waals surface area contributed by atoms with Crippen LogP contribution >= 0.6 is 0 Å². The predicted octanol–water partition coefficient (Wildman–Crippen LogP) is 2.02. The van der Waals surface area contributed by atoms with Crippen LogP contribution in [0.2, 0.25) is 0 Å². The molecule has 0 aromatic heterocycles. The third kappa shape index (κ3) is 6.04. The van der Waals surface area contributed by atoms with E-state index in [4.69, 9.17) is 9.47 Å². The molecule has 1 aromatic carbocycles. The Morgan fingerprint density at radius 3 is 2.36 bits per heavy atom. The van der Waals surface area contributed by atoms with Crippen molar-refractivity contribution in [1.82, 2.24) is 0 Å². The van der Waals surface area contributed by atoms with E-state index in [2.05, 4.69) is 11.3 Å². The van der Waals surface area contributed by atoms with Crippen molar-refractivity contribution in [1.29, 1.82) is 0 Å². The molecule has 0 radical (unpaired) electrons. The maximum atomic E-state index is 11.7. The molecule has 0 unspecified atom stereocenters. The maximum Gasteiger partial charge on any atom is 0.379 e. The van der Waals surface area contributed by atoms with Gasteiger partial charge in [0.2, 0.25) is 0 Å². The van der Waals surface area contributed by atoms with Crippen LogP contribution in [0.15, 0.2) is 55.0 Å². The number of esters is 2. The molecule has 1 rings (SSSR count). The van der Waals surface area contributed by atoms with Crippen molar-refractivity contribution in [3.8, 4) is 0 Å². The van der Waals surface area contributed by atoms with E-state index >= 15 is 0 Å². The second-order valence-electron chi connectivity index (χ2n) is 4.16. The standard InChI is InChI=1S/C16H16O6/c1-12(2)15(18)21-10-8-20-9-11-22-16(19)14(17)13-6-4-3-5-7-13/h3-8,10H,1,9,11H2,2H3. The van der Waals surface area contributed by atoms with Gasteiger partial charge >= 0.3 is 11.9 Å². The van der Waals surface area contributed by atoms with Gasteiger partial charge in [-0.1, -0.05) is 36.9 Å². The zero-order valence-corrected chi connectivity index (χ0v) is 12.1. The van der Waals surface area contributed by atoms with Crippen molar-refractivity contribution in [2.24, 2.45) is 0 Å². The average Bonchev–Trinajstić information content (AvgIpc) is 2.53. The van der Waals surface area contributed by atoms with E-state index in [-0.39, 0.29) is 24.4 Å². The SMILES string of the molecule is C=C(C)C(=O)OC=COCCOC(=O)C(=O)c1ccccc1. The summed E-state index contributed by atoms with van der Waals surface area (Å²) in [4.78, 5) is 34.1. The maximum absolute atomic E-state index is 11.7. The van der Waals surface area contributed by atoms with Gasteiger partial charge in [-0.25, -0.2) is 9.59 Å². The molecule has 0 spiro atoms. The lowest BCUT2D eigenvalue weighted by molar-refractivity contribution is -0.139. The van der Waals surface area contributed by atoms with Gasteiger partial charge in [0, 0.05) is 11.1 Å². The quantitative estimate of drug-likeness (QED) is 0.183. The van der Waals surface area contributed by atoms with Gasteiger partial charge in [0.25, 0.3) is 5.78 Å². The van der Waals surface area contributed by atoms with E-state index in [9.17, 15) is 14.4 Å². The van der Waals surface area contributed by atoms with E-state index in [0.717, 1.165) is 12.5 Å². The van der Waals surface area contributed by atoms with E-state index in [0.29, 0.717) is 0 Å². The van der Waals surface area contributed by atoms with Crippen LogP contribution in [0.1, 0.15) is 17.3 Å². The molecule has 116 valence electrons. The van der Waals surface area contributed by atoms with Gasteiger partial charge in [-0.05, 0) is 6.92 Å². The summed E-state index contributed by atoms with van der Waals surface area (Å²) in [7, 11) is 0. The normalized spacial score (nSPS) is 10.0. The van der Waals surface area contributed by atoms with E-state index in [1.165, 1.54) is 19.1 Å². The predicted molar refractivity (Wildman–Crippen MR) is 77.7 cm³/mol. The topological polar surface area (TPSA) is 78.9 Å². The van der Waals surface area contributed by atoms with Gasteiger partial charge in [-0.15, -0.1) is 0 Å². The number of Topliss-reactive ketones (excluding diaryl/α,β-unsaturated/α-hetero) is 1. The van der Waals surface area contributed by atoms with Crippen molar-refractivity contribution in [3.05, 3.63) is 60.6 Å². The Morgan fingerprint density at radius 2 is 1.73 bits per heavy atom. The van der Waals surface area contributed by atoms with E-state index < -0.39 is 17.7 Å². The fourth-order valence-corrected chi connectivity index (χ4v) is 1.25. The van der Waals surface area contributed by atoms with Crippen LogP contribution in [0.3, 0.4) is 0 Å². The lowest BCUT2D eigenvalue weighted by Gasteiger charge is -2.04. The van der Waals surface area contributed by atoms with Crippen LogP contribution in [0, 0.1) is 0 Å². The Bertz CT molecular complexity index is 574. The third-order valence-corrected chi connectivity index (χ3v) is 2.33. The largest absolute Gasteiger partial charge is 0.494 e. The summed E-state index contributed by atoms with van der Waals surface area (Å²) in [5.41, 5.74) is 0.526. The molecule has 0 saturated heterocycles. The first kappa shape index (κ1) is 17.2. The molecular weight excluding hydrogens is 288 g/mol. The summed E-state index contributed by atoms with van der Waals surface area (Å²) >= 11 is 0. The van der Waals surface area contributed by atoms with E-state index in [1.54, 1.807) is 18.2 Å². The van der Waals surface area contributed by atoms with Gasteiger partial charge in [-0.2, -0.15) is 0 Å². The van der Waals surface area contributed by atoms with Gasteiger partial charge < -0.3 is 14.2 Å². The number of rotatable bonds is 8. The molecule has 0 atom stereocenters. The van der Waals surface area contributed by atoms with Crippen molar-refractivity contribution >= 4 is 17.7 Å². The fraction of sp³-hybridized carbons (Fsp3) is 0.188. The summed E-state index contributed by atoms with van der Waals surface area (Å²) in [6.07, 6.45) is 2.18. The lowest BCUT2D eigenvalue weighted by atomic mass is 10.1. The van der Waals surface area contributed by atoms with Crippen molar-refractivity contribution in [3.63, 3.8) is 0 Å². The number of hydrogen-bond donors (Lipinski definition) is 0. The van der Waals surface area contributed by atoms with Gasteiger partial charge in [0.15, 0.2) is 0 Å². The molecular formula is C16H16O6. The Balaban J connectivity index is 2.21. The zero-order chi connectivity index (χ0) is 16.4. The fourth-order valence-electron chi connectivity index (χ4n) is 1.25. The number of ketones is 1. The monoisotopic (exact) mass is 304 g/mol. The number of carbonyl (C=O) groups is 3. The summed E-state index contributed by atoms with van der Waals surface area (Å²) in [6, 6.07) is 8.10. The molecule has 6 nitrogen and oxygen atoms in total. The number of carbonyl (C=O) groups excluding carboxylic acids is 3. The smallest absolute Gasteiger partial charge is 0.379 e. The highest BCUT2D eigenvalue weighted by molar-refractivity contribution is 6.40. The first-order valence-electron chi connectivity index (χ1n) is 6.42. The molecule has 22 heavy (non-hydrogen) atoms. The molecule has 6 heteroatoms. The molecule has 0 heterocycles. The van der Waals surface area contributed by atoms with Crippen LogP contribution in [-0.4, -0.2) is 30.9 Å². The minimum Gasteiger partial charge on any atom is -0.494 e.